The van der Waals surface area contributed by atoms with Crippen LogP contribution in [0.25, 0.3) is 0 Å². The number of nitrogens with zero attached hydrogens (tertiary/aromatic N) is 1. The van der Waals surface area contributed by atoms with Crippen molar-refractivity contribution in [2.24, 2.45) is 0 Å². The molecule has 1 rings (SSSR count). The molecule has 0 aromatic heterocycles. The summed E-state index contributed by atoms with van der Waals surface area (Å²) in [5.74, 6) is -1.79. The second-order valence-electron chi connectivity index (χ2n) is 2.79. The van der Waals surface area contributed by atoms with E-state index < -0.39 is 11.8 Å². The molecule has 0 bridgehead atoms. The molecule has 6 heteroatoms. The molecule has 0 fully saturated rings. The van der Waals surface area contributed by atoms with Crippen LogP contribution in [0.4, 0.5) is 10.1 Å². The SMILES string of the molecule is N=C/C=C\N(I)c1ccc(F)cc1C(=O)O. The fourth-order valence-corrected chi connectivity index (χ4v) is 1.67. The smallest absolute Gasteiger partial charge is 0.337 e. The van der Waals surface area contributed by atoms with Gasteiger partial charge in [0.05, 0.1) is 34.1 Å². The number of hydrogen-bond acceptors (Lipinski definition) is 3. The van der Waals surface area contributed by atoms with E-state index in [1.807, 2.05) is 22.9 Å². The first-order chi connectivity index (χ1) is 7.56. The maximum absolute atomic E-state index is 12.9. The van der Waals surface area contributed by atoms with Crippen LogP contribution < -0.4 is 3.11 Å². The summed E-state index contributed by atoms with van der Waals surface area (Å²) in [5, 5.41) is 15.7. The number of carbonyl (C=O) groups is 1. The number of hydrogen-bond donors (Lipinski definition) is 2. The molecule has 0 radical (unpaired) electrons. The maximum atomic E-state index is 12.9. The van der Waals surface area contributed by atoms with Gasteiger partial charge in [-0.05, 0) is 24.3 Å². The molecule has 0 spiro atoms. The third kappa shape index (κ3) is 3.02. The van der Waals surface area contributed by atoms with Crippen molar-refractivity contribution in [1.29, 1.82) is 5.41 Å². The monoisotopic (exact) mass is 334 g/mol. The number of rotatable bonds is 4. The largest absolute Gasteiger partial charge is 0.478 e. The molecule has 1 aromatic carbocycles. The molecule has 0 heterocycles. The van der Waals surface area contributed by atoms with Crippen molar-refractivity contribution in [1.82, 2.24) is 0 Å². The van der Waals surface area contributed by atoms with Gasteiger partial charge in [-0.15, -0.1) is 0 Å². The quantitative estimate of drug-likeness (QED) is 0.506. The number of anilines is 1. The summed E-state index contributed by atoms with van der Waals surface area (Å²) < 4.78 is 14.4. The van der Waals surface area contributed by atoms with E-state index in [1.165, 1.54) is 27.5 Å². The standard InChI is InChI=1S/C10H8FIN2O2/c11-7-2-3-9(8(6-7)10(15)16)14(12)5-1-4-13/h1-6,13H,(H,15,16)/b5-1-,13-4?. The Morgan fingerprint density at radius 2 is 2.25 bits per heavy atom. The lowest BCUT2D eigenvalue weighted by atomic mass is 10.2. The Morgan fingerprint density at radius 1 is 1.56 bits per heavy atom. The zero-order chi connectivity index (χ0) is 12.1. The van der Waals surface area contributed by atoms with Gasteiger partial charge < -0.3 is 10.5 Å². The molecule has 0 unspecified atom stereocenters. The molecular formula is C10H8FIN2O2. The van der Waals surface area contributed by atoms with Crippen LogP contribution >= 0.6 is 22.9 Å². The summed E-state index contributed by atoms with van der Waals surface area (Å²) in [5.41, 5.74) is 0.233. The molecule has 16 heavy (non-hydrogen) atoms. The van der Waals surface area contributed by atoms with Gasteiger partial charge in [-0.2, -0.15) is 0 Å². The Labute approximate surface area is 105 Å². The van der Waals surface area contributed by atoms with Crippen LogP contribution in [0.3, 0.4) is 0 Å². The average Bonchev–Trinajstić information content (AvgIpc) is 2.25. The van der Waals surface area contributed by atoms with Crippen molar-refractivity contribution in [2.75, 3.05) is 3.11 Å². The fourth-order valence-electron chi connectivity index (χ4n) is 1.06. The summed E-state index contributed by atoms with van der Waals surface area (Å²) in [6, 6.07) is 3.52. The Hall–Kier alpha value is -1.44. The number of carboxylic acid groups (broad SMARTS) is 1. The van der Waals surface area contributed by atoms with Gasteiger partial charge in [0.15, 0.2) is 0 Å². The Morgan fingerprint density at radius 3 is 2.81 bits per heavy atom. The van der Waals surface area contributed by atoms with Gasteiger partial charge in [0.1, 0.15) is 5.82 Å². The van der Waals surface area contributed by atoms with Crippen molar-refractivity contribution in [3.8, 4) is 0 Å². The third-order valence-electron chi connectivity index (χ3n) is 1.73. The number of benzene rings is 1. The van der Waals surface area contributed by atoms with Gasteiger partial charge in [0.2, 0.25) is 0 Å². The van der Waals surface area contributed by atoms with E-state index in [0.717, 1.165) is 12.3 Å². The minimum absolute atomic E-state index is 0.121. The molecule has 0 atom stereocenters. The van der Waals surface area contributed by atoms with Crippen LogP contribution in [-0.2, 0) is 0 Å². The van der Waals surface area contributed by atoms with Crippen molar-refractivity contribution >= 4 is 40.7 Å². The van der Waals surface area contributed by atoms with Gasteiger partial charge in [0, 0.05) is 12.4 Å². The van der Waals surface area contributed by atoms with Crippen LogP contribution in [-0.4, -0.2) is 17.3 Å². The van der Waals surface area contributed by atoms with E-state index in [9.17, 15) is 9.18 Å². The minimum Gasteiger partial charge on any atom is -0.478 e. The fraction of sp³-hybridized carbons (Fsp3) is 0. The highest BCUT2D eigenvalue weighted by molar-refractivity contribution is 14.1. The Balaban J connectivity index is 3.16. The Bertz CT molecular complexity index is 448. The lowest BCUT2D eigenvalue weighted by Crippen LogP contribution is -2.07. The lowest BCUT2D eigenvalue weighted by Gasteiger charge is -2.13. The Kier molecular flexibility index (Phi) is 4.41. The second kappa shape index (κ2) is 5.59. The van der Waals surface area contributed by atoms with Crippen molar-refractivity contribution in [3.05, 3.63) is 41.9 Å². The van der Waals surface area contributed by atoms with E-state index in [4.69, 9.17) is 10.5 Å². The summed E-state index contributed by atoms with van der Waals surface area (Å²) in [7, 11) is 0. The molecule has 84 valence electrons. The topological polar surface area (TPSA) is 64.4 Å². The molecule has 0 saturated heterocycles. The minimum atomic E-state index is -1.19. The molecule has 0 aliphatic carbocycles. The predicted molar refractivity (Wildman–Crippen MR) is 67.8 cm³/mol. The third-order valence-corrected chi connectivity index (χ3v) is 2.57. The van der Waals surface area contributed by atoms with E-state index in [2.05, 4.69) is 0 Å². The zero-order valence-electron chi connectivity index (χ0n) is 8.02. The number of allylic oxidation sites excluding steroid dienone is 1. The molecule has 4 nitrogen and oxygen atoms in total. The second-order valence-corrected chi connectivity index (χ2v) is 3.83. The zero-order valence-corrected chi connectivity index (χ0v) is 10.2. The molecular weight excluding hydrogens is 326 g/mol. The van der Waals surface area contributed by atoms with Crippen molar-refractivity contribution in [3.63, 3.8) is 0 Å². The molecule has 0 amide bonds. The first kappa shape index (κ1) is 12.6. The van der Waals surface area contributed by atoms with E-state index >= 15 is 0 Å². The van der Waals surface area contributed by atoms with Crippen LogP contribution in [0.2, 0.25) is 0 Å². The summed E-state index contributed by atoms with van der Waals surface area (Å²) >= 11 is 1.86. The van der Waals surface area contributed by atoms with Crippen LogP contribution in [0, 0.1) is 11.2 Å². The molecule has 2 N–H and O–H groups in total. The first-order valence-electron chi connectivity index (χ1n) is 4.21. The van der Waals surface area contributed by atoms with Gasteiger partial charge >= 0.3 is 5.97 Å². The van der Waals surface area contributed by atoms with Crippen molar-refractivity contribution in [2.45, 2.75) is 0 Å². The van der Waals surface area contributed by atoms with Gasteiger partial charge in [0.25, 0.3) is 0 Å². The maximum Gasteiger partial charge on any atom is 0.337 e. The van der Waals surface area contributed by atoms with Crippen LogP contribution in [0.1, 0.15) is 10.4 Å². The highest BCUT2D eigenvalue weighted by Gasteiger charge is 2.13. The van der Waals surface area contributed by atoms with Gasteiger partial charge in [-0.1, -0.05) is 0 Å². The van der Waals surface area contributed by atoms with E-state index in [-0.39, 0.29) is 5.56 Å². The highest BCUT2D eigenvalue weighted by atomic mass is 127. The van der Waals surface area contributed by atoms with Gasteiger partial charge in [-0.25, -0.2) is 9.18 Å². The average molecular weight is 334 g/mol. The molecule has 1 aromatic rings. The highest BCUT2D eigenvalue weighted by Crippen LogP contribution is 2.25. The van der Waals surface area contributed by atoms with Crippen LogP contribution in [0.15, 0.2) is 30.5 Å². The van der Waals surface area contributed by atoms with Crippen LogP contribution in [0.5, 0.6) is 0 Å². The van der Waals surface area contributed by atoms with E-state index in [1.54, 1.807) is 0 Å². The summed E-state index contributed by atoms with van der Waals surface area (Å²) in [6.45, 7) is 0. The van der Waals surface area contributed by atoms with E-state index in [0.29, 0.717) is 5.69 Å². The summed E-state index contributed by atoms with van der Waals surface area (Å²) in [4.78, 5) is 10.9. The molecule has 0 aliphatic rings. The summed E-state index contributed by atoms with van der Waals surface area (Å²) in [6.07, 6.45) is 4.00. The van der Waals surface area contributed by atoms with Crippen molar-refractivity contribution < 1.29 is 14.3 Å². The number of aromatic carboxylic acids is 1. The predicted octanol–water partition coefficient (Wildman–Crippen LogP) is 2.84. The first-order valence-corrected chi connectivity index (χ1v) is 5.18. The van der Waals surface area contributed by atoms with Gasteiger partial charge in [-0.3, -0.25) is 3.11 Å². The number of nitrogens with one attached hydrogen (secondary N) is 1. The number of carboxylic acids is 1. The lowest BCUT2D eigenvalue weighted by molar-refractivity contribution is 0.0697. The number of halogens is 2. The molecule has 0 saturated carbocycles. The normalized spacial score (nSPS) is 10.4. The molecule has 0 aliphatic heterocycles.